The topological polar surface area (TPSA) is 86.2 Å². The second-order valence-corrected chi connectivity index (χ2v) is 9.43. The van der Waals surface area contributed by atoms with Crippen molar-refractivity contribution in [1.29, 1.82) is 0 Å². The van der Waals surface area contributed by atoms with Crippen molar-refractivity contribution in [3.8, 4) is 0 Å². The summed E-state index contributed by atoms with van der Waals surface area (Å²) in [4.78, 5) is 0.337. The Kier molecular flexibility index (Phi) is 4.59. The first kappa shape index (κ1) is 17.6. The van der Waals surface area contributed by atoms with Gasteiger partial charge in [-0.05, 0) is 36.8 Å². The van der Waals surface area contributed by atoms with Gasteiger partial charge in [0.2, 0.25) is 0 Å². The van der Waals surface area contributed by atoms with Gasteiger partial charge < -0.3 is 11.5 Å². The molecule has 1 fully saturated rings. The van der Waals surface area contributed by atoms with Crippen molar-refractivity contribution in [2.45, 2.75) is 23.0 Å². The van der Waals surface area contributed by atoms with Gasteiger partial charge in [0.15, 0.2) is 9.84 Å². The highest BCUT2D eigenvalue weighted by Crippen LogP contribution is 2.63. The molecule has 0 unspecified atom stereocenters. The molecule has 1 aliphatic rings. The van der Waals surface area contributed by atoms with Crippen molar-refractivity contribution >= 4 is 25.8 Å². The molecule has 24 heavy (non-hydrogen) atoms. The molecule has 0 heterocycles. The molecule has 6 heteroatoms. The predicted octanol–water partition coefficient (Wildman–Crippen LogP) is 2.60. The van der Waals surface area contributed by atoms with E-state index in [4.69, 9.17) is 11.5 Å². The van der Waals surface area contributed by atoms with E-state index in [0.717, 1.165) is 15.6 Å². The van der Waals surface area contributed by atoms with Crippen molar-refractivity contribution < 1.29 is 8.42 Å². The monoisotopic (exact) mass is 408 g/mol. The fourth-order valence-corrected chi connectivity index (χ4v) is 6.30. The molecule has 0 spiro atoms. The highest BCUT2D eigenvalue weighted by molar-refractivity contribution is 9.10. The van der Waals surface area contributed by atoms with Crippen LogP contribution in [-0.4, -0.2) is 26.8 Å². The average Bonchev–Trinajstić information content (AvgIpc) is 3.26. The van der Waals surface area contributed by atoms with Gasteiger partial charge in [-0.1, -0.05) is 45.8 Å². The molecule has 128 valence electrons. The third-order valence-corrected chi connectivity index (χ3v) is 7.92. The molecular weight excluding hydrogens is 388 g/mol. The number of aryl methyl sites for hydroxylation is 1. The van der Waals surface area contributed by atoms with Crippen LogP contribution in [0.15, 0.2) is 57.9 Å². The lowest BCUT2D eigenvalue weighted by Crippen LogP contribution is -2.31. The van der Waals surface area contributed by atoms with Crippen molar-refractivity contribution in [2.24, 2.45) is 16.9 Å². The number of sulfone groups is 1. The molecule has 4 N–H and O–H groups in total. The van der Waals surface area contributed by atoms with Crippen molar-refractivity contribution in [1.82, 2.24) is 0 Å². The van der Waals surface area contributed by atoms with Crippen LogP contribution in [-0.2, 0) is 9.84 Å². The fraction of sp³-hybridized carbons (Fsp3) is 0.333. The number of hydrogen-bond donors (Lipinski definition) is 2. The van der Waals surface area contributed by atoms with Crippen molar-refractivity contribution in [3.05, 3.63) is 64.1 Å². The normalized spacial score (nSPS) is 22.3. The summed E-state index contributed by atoms with van der Waals surface area (Å²) in [5, 5.41) is -0.580. The van der Waals surface area contributed by atoms with Crippen LogP contribution in [0, 0.1) is 12.3 Å². The number of nitrogens with two attached hydrogens (primary N) is 2. The van der Waals surface area contributed by atoms with Crippen molar-refractivity contribution in [3.63, 3.8) is 0 Å². The lowest BCUT2D eigenvalue weighted by Gasteiger charge is -2.13. The Morgan fingerprint density at radius 2 is 1.54 bits per heavy atom. The molecule has 4 nitrogen and oxygen atoms in total. The Morgan fingerprint density at radius 3 is 2.04 bits per heavy atom. The van der Waals surface area contributed by atoms with Crippen LogP contribution < -0.4 is 11.5 Å². The van der Waals surface area contributed by atoms with E-state index in [1.807, 2.05) is 43.3 Å². The van der Waals surface area contributed by atoms with Gasteiger partial charge in [-0.15, -0.1) is 0 Å². The largest absolute Gasteiger partial charge is 0.330 e. The van der Waals surface area contributed by atoms with Crippen LogP contribution in [0.2, 0.25) is 0 Å². The maximum Gasteiger partial charge on any atom is 0.182 e. The molecule has 0 radical (unpaired) electrons. The van der Waals surface area contributed by atoms with E-state index in [0.29, 0.717) is 4.90 Å². The van der Waals surface area contributed by atoms with Gasteiger partial charge in [0.1, 0.15) is 0 Å². The third kappa shape index (κ3) is 2.71. The van der Waals surface area contributed by atoms with E-state index in [1.54, 1.807) is 12.1 Å². The summed E-state index contributed by atoms with van der Waals surface area (Å²) < 4.78 is 27.3. The summed E-state index contributed by atoms with van der Waals surface area (Å²) in [5.41, 5.74) is 13.3. The zero-order valence-corrected chi connectivity index (χ0v) is 15.8. The summed E-state index contributed by atoms with van der Waals surface area (Å²) >= 11 is 3.41. The van der Waals surface area contributed by atoms with Crippen LogP contribution >= 0.6 is 15.9 Å². The molecular formula is C18H21BrN2O2S. The van der Waals surface area contributed by atoms with Crippen LogP contribution in [0.3, 0.4) is 0 Å². The van der Waals surface area contributed by atoms with Crippen LogP contribution in [0.25, 0.3) is 0 Å². The minimum absolute atomic E-state index is 0.174. The van der Waals surface area contributed by atoms with Gasteiger partial charge in [0.05, 0.1) is 10.1 Å². The average molecular weight is 409 g/mol. The smallest absolute Gasteiger partial charge is 0.182 e. The summed E-state index contributed by atoms with van der Waals surface area (Å²) in [6, 6.07) is 14.7. The highest BCUT2D eigenvalue weighted by atomic mass is 79.9. The number of hydrogen-bond acceptors (Lipinski definition) is 4. The Labute approximate surface area is 151 Å². The summed E-state index contributed by atoms with van der Waals surface area (Å²) in [6.45, 7) is 2.43. The maximum atomic E-state index is 13.2. The SMILES string of the molecule is Cc1ccc(S(=O)(=O)[C@H]2[C@@H](c3ccc(Br)cc3)C2(CN)CN)cc1. The second kappa shape index (κ2) is 6.26. The molecule has 2 atom stereocenters. The van der Waals surface area contributed by atoms with Gasteiger partial charge in [-0.2, -0.15) is 0 Å². The first-order valence-corrected chi connectivity index (χ1v) is 10.2. The second-order valence-electron chi connectivity index (χ2n) is 6.45. The molecule has 0 amide bonds. The third-order valence-electron chi connectivity index (χ3n) is 5.05. The Morgan fingerprint density at radius 1 is 1.00 bits per heavy atom. The van der Waals surface area contributed by atoms with Crippen LogP contribution in [0.1, 0.15) is 17.0 Å². The van der Waals surface area contributed by atoms with E-state index in [2.05, 4.69) is 15.9 Å². The lowest BCUT2D eigenvalue weighted by molar-refractivity contribution is 0.510. The Bertz CT molecular complexity index is 828. The molecule has 2 aromatic rings. The molecule has 0 saturated heterocycles. The van der Waals surface area contributed by atoms with Crippen LogP contribution in [0.5, 0.6) is 0 Å². The van der Waals surface area contributed by atoms with Gasteiger partial charge >= 0.3 is 0 Å². The molecule has 0 aliphatic heterocycles. The minimum atomic E-state index is -3.49. The number of rotatable bonds is 5. The standard InChI is InChI=1S/C18H21BrN2O2S/c1-12-2-8-15(9-3-12)24(22,23)17-16(18(17,10-20)11-21)13-4-6-14(19)7-5-13/h2-9,16-17H,10-11,20-21H2,1H3/t16-,17+/m1/s1. The Balaban J connectivity index is 2.04. The van der Waals surface area contributed by atoms with E-state index >= 15 is 0 Å². The lowest BCUT2D eigenvalue weighted by atomic mass is 9.99. The first-order valence-electron chi connectivity index (χ1n) is 7.83. The van der Waals surface area contributed by atoms with E-state index in [-0.39, 0.29) is 19.0 Å². The van der Waals surface area contributed by atoms with E-state index in [9.17, 15) is 8.42 Å². The van der Waals surface area contributed by atoms with Gasteiger partial charge in [0, 0.05) is 28.9 Å². The van der Waals surface area contributed by atoms with Gasteiger partial charge in [-0.3, -0.25) is 0 Å². The molecule has 3 rings (SSSR count). The maximum absolute atomic E-state index is 13.2. The summed E-state index contributed by atoms with van der Waals surface area (Å²) in [6.07, 6.45) is 0. The van der Waals surface area contributed by atoms with Gasteiger partial charge in [-0.25, -0.2) is 8.42 Å². The molecule has 2 aromatic carbocycles. The number of benzene rings is 2. The zero-order valence-electron chi connectivity index (χ0n) is 13.4. The Hall–Kier alpha value is -1.21. The minimum Gasteiger partial charge on any atom is -0.330 e. The summed E-state index contributed by atoms with van der Waals surface area (Å²) in [5.74, 6) is -0.174. The number of halogens is 1. The van der Waals surface area contributed by atoms with Gasteiger partial charge in [0.25, 0.3) is 0 Å². The highest BCUT2D eigenvalue weighted by Gasteiger charge is 2.69. The molecule has 0 aromatic heterocycles. The van der Waals surface area contributed by atoms with E-state index in [1.165, 1.54) is 0 Å². The summed E-state index contributed by atoms with van der Waals surface area (Å²) in [7, 11) is -3.49. The molecule has 1 saturated carbocycles. The van der Waals surface area contributed by atoms with Crippen molar-refractivity contribution in [2.75, 3.05) is 13.1 Å². The quantitative estimate of drug-likeness (QED) is 0.795. The fourth-order valence-electron chi connectivity index (χ4n) is 3.56. The molecule has 0 bridgehead atoms. The zero-order chi connectivity index (χ0) is 17.5. The predicted molar refractivity (Wildman–Crippen MR) is 99.6 cm³/mol. The van der Waals surface area contributed by atoms with Crippen LogP contribution in [0.4, 0.5) is 0 Å². The first-order chi connectivity index (χ1) is 11.4. The molecule has 1 aliphatic carbocycles. The van der Waals surface area contributed by atoms with E-state index < -0.39 is 20.5 Å².